The van der Waals surface area contributed by atoms with E-state index in [1.807, 2.05) is 0 Å². The second-order valence-electron chi connectivity index (χ2n) is 5.14. The quantitative estimate of drug-likeness (QED) is 0.874. The third-order valence-electron chi connectivity index (χ3n) is 3.49. The molecule has 1 atom stereocenters. The number of carboxylic acid groups (broad SMARTS) is 1. The van der Waals surface area contributed by atoms with E-state index < -0.39 is 12.0 Å². The summed E-state index contributed by atoms with van der Waals surface area (Å²) in [7, 11) is 0. The van der Waals surface area contributed by atoms with Crippen LogP contribution in [0.15, 0.2) is 24.3 Å². The lowest BCUT2D eigenvalue weighted by atomic mass is 10.1. The zero-order valence-corrected chi connectivity index (χ0v) is 11.8. The van der Waals surface area contributed by atoms with Crippen LogP contribution >= 0.6 is 0 Å². The van der Waals surface area contributed by atoms with Crippen LogP contribution in [0.3, 0.4) is 0 Å². The molecule has 0 saturated carbocycles. The summed E-state index contributed by atoms with van der Waals surface area (Å²) in [5.41, 5.74) is 1.47. The number of nitrogens with zero attached hydrogens (tertiary/aromatic N) is 1. The molecule has 1 aliphatic heterocycles. The Morgan fingerprint density at radius 2 is 1.95 bits per heavy atom. The molecule has 6 nitrogen and oxygen atoms in total. The SMILES string of the molecule is CC(=O)Nc1ccc(CC(=O)N2CCC[C@@H]2C(=O)O)cc1. The minimum atomic E-state index is -0.943. The van der Waals surface area contributed by atoms with Crippen molar-refractivity contribution in [3.8, 4) is 0 Å². The Labute approximate surface area is 122 Å². The first-order valence-corrected chi connectivity index (χ1v) is 6.86. The van der Waals surface area contributed by atoms with Crippen LogP contribution in [0.4, 0.5) is 5.69 Å². The van der Waals surface area contributed by atoms with Gasteiger partial charge in [0.25, 0.3) is 0 Å². The number of benzene rings is 1. The number of carbonyl (C=O) groups excluding carboxylic acids is 2. The number of carbonyl (C=O) groups is 3. The first-order valence-electron chi connectivity index (χ1n) is 6.86. The number of hydrogen-bond acceptors (Lipinski definition) is 3. The lowest BCUT2D eigenvalue weighted by Gasteiger charge is -2.21. The summed E-state index contributed by atoms with van der Waals surface area (Å²) in [5, 5.41) is 11.7. The number of carboxylic acids is 1. The lowest BCUT2D eigenvalue weighted by molar-refractivity contribution is -0.148. The van der Waals surface area contributed by atoms with Crippen molar-refractivity contribution in [2.45, 2.75) is 32.2 Å². The van der Waals surface area contributed by atoms with Gasteiger partial charge in [-0.05, 0) is 30.5 Å². The van der Waals surface area contributed by atoms with Gasteiger partial charge in [-0.2, -0.15) is 0 Å². The summed E-state index contributed by atoms with van der Waals surface area (Å²) in [6, 6.07) is 6.27. The molecule has 0 unspecified atom stereocenters. The van der Waals surface area contributed by atoms with E-state index in [4.69, 9.17) is 5.11 Å². The summed E-state index contributed by atoms with van der Waals surface area (Å²) in [6.07, 6.45) is 1.41. The van der Waals surface area contributed by atoms with Crippen molar-refractivity contribution in [1.29, 1.82) is 0 Å². The predicted molar refractivity (Wildman–Crippen MR) is 76.8 cm³/mol. The van der Waals surface area contributed by atoms with Crippen LogP contribution in [-0.4, -0.2) is 40.4 Å². The third kappa shape index (κ3) is 3.81. The molecular weight excluding hydrogens is 272 g/mol. The molecule has 112 valence electrons. The van der Waals surface area contributed by atoms with E-state index in [9.17, 15) is 14.4 Å². The molecule has 21 heavy (non-hydrogen) atoms. The fourth-order valence-electron chi connectivity index (χ4n) is 2.51. The smallest absolute Gasteiger partial charge is 0.326 e. The second-order valence-corrected chi connectivity index (χ2v) is 5.14. The molecule has 0 spiro atoms. The van der Waals surface area contributed by atoms with E-state index in [1.54, 1.807) is 24.3 Å². The fourth-order valence-corrected chi connectivity index (χ4v) is 2.51. The van der Waals surface area contributed by atoms with Crippen molar-refractivity contribution in [3.05, 3.63) is 29.8 Å². The Hall–Kier alpha value is -2.37. The van der Waals surface area contributed by atoms with Crippen LogP contribution in [0.1, 0.15) is 25.3 Å². The average Bonchev–Trinajstić information content (AvgIpc) is 2.90. The molecule has 0 aromatic heterocycles. The van der Waals surface area contributed by atoms with E-state index in [2.05, 4.69) is 5.32 Å². The summed E-state index contributed by atoms with van der Waals surface area (Å²) in [4.78, 5) is 35.6. The fraction of sp³-hybridized carbons (Fsp3) is 0.400. The van der Waals surface area contributed by atoms with Crippen LogP contribution in [0.5, 0.6) is 0 Å². The molecule has 1 aromatic carbocycles. The van der Waals surface area contributed by atoms with E-state index in [0.29, 0.717) is 18.7 Å². The van der Waals surface area contributed by atoms with Crippen LogP contribution in [0.25, 0.3) is 0 Å². The van der Waals surface area contributed by atoms with E-state index in [0.717, 1.165) is 12.0 Å². The van der Waals surface area contributed by atoms with Gasteiger partial charge in [0.05, 0.1) is 6.42 Å². The van der Waals surface area contributed by atoms with E-state index in [-0.39, 0.29) is 18.2 Å². The van der Waals surface area contributed by atoms with Crippen LogP contribution in [-0.2, 0) is 20.8 Å². The molecule has 2 N–H and O–H groups in total. The molecule has 1 aromatic rings. The first kappa shape index (κ1) is 15.0. The van der Waals surface area contributed by atoms with E-state index in [1.165, 1.54) is 11.8 Å². The number of nitrogens with one attached hydrogen (secondary N) is 1. The number of hydrogen-bond donors (Lipinski definition) is 2. The largest absolute Gasteiger partial charge is 0.480 e. The standard InChI is InChI=1S/C15H18N2O4/c1-10(18)16-12-6-4-11(5-7-12)9-14(19)17-8-2-3-13(17)15(20)21/h4-7,13H,2-3,8-9H2,1H3,(H,16,18)(H,20,21)/t13-/m1/s1. The van der Waals surface area contributed by atoms with Gasteiger partial charge in [0.1, 0.15) is 6.04 Å². The van der Waals surface area contributed by atoms with Gasteiger partial charge in [-0.1, -0.05) is 12.1 Å². The van der Waals surface area contributed by atoms with Crippen LogP contribution in [0, 0.1) is 0 Å². The highest BCUT2D eigenvalue weighted by atomic mass is 16.4. The van der Waals surface area contributed by atoms with Gasteiger partial charge in [-0.3, -0.25) is 9.59 Å². The first-order chi connectivity index (χ1) is 9.97. The predicted octanol–water partition coefficient (Wildman–Crippen LogP) is 1.26. The van der Waals surface area contributed by atoms with Crippen molar-refractivity contribution in [2.75, 3.05) is 11.9 Å². The summed E-state index contributed by atoms with van der Waals surface area (Å²) in [5.74, 6) is -1.27. The number of likely N-dealkylation sites (tertiary alicyclic amines) is 1. The molecule has 0 aliphatic carbocycles. The summed E-state index contributed by atoms with van der Waals surface area (Å²) >= 11 is 0. The lowest BCUT2D eigenvalue weighted by Crippen LogP contribution is -2.41. The Balaban J connectivity index is 1.99. The Bertz CT molecular complexity index is 553. The normalized spacial score (nSPS) is 17.6. The maximum atomic E-state index is 12.2. The number of rotatable bonds is 4. The van der Waals surface area contributed by atoms with Gasteiger partial charge in [-0.25, -0.2) is 4.79 Å². The molecule has 1 heterocycles. The minimum absolute atomic E-state index is 0.153. The number of aliphatic carboxylic acids is 1. The highest BCUT2D eigenvalue weighted by Crippen LogP contribution is 2.19. The topological polar surface area (TPSA) is 86.7 Å². The van der Waals surface area contributed by atoms with Crippen LogP contribution in [0.2, 0.25) is 0 Å². The second kappa shape index (κ2) is 6.39. The van der Waals surface area contributed by atoms with Gasteiger partial charge >= 0.3 is 5.97 Å². The van der Waals surface area contributed by atoms with Crippen LogP contribution < -0.4 is 5.32 Å². The Morgan fingerprint density at radius 3 is 2.52 bits per heavy atom. The maximum absolute atomic E-state index is 12.2. The number of anilines is 1. The zero-order valence-electron chi connectivity index (χ0n) is 11.8. The molecule has 1 fully saturated rings. The van der Waals surface area contributed by atoms with Crippen molar-refractivity contribution in [3.63, 3.8) is 0 Å². The van der Waals surface area contributed by atoms with Gasteiger partial charge in [0.15, 0.2) is 0 Å². The van der Waals surface area contributed by atoms with Gasteiger partial charge in [-0.15, -0.1) is 0 Å². The molecule has 0 radical (unpaired) electrons. The summed E-state index contributed by atoms with van der Waals surface area (Å²) < 4.78 is 0. The van der Waals surface area contributed by atoms with Gasteiger partial charge < -0.3 is 15.3 Å². The monoisotopic (exact) mass is 290 g/mol. The number of amides is 2. The maximum Gasteiger partial charge on any atom is 0.326 e. The highest BCUT2D eigenvalue weighted by Gasteiger charge is 2.33. The van der Waals surface area contributed by atoms with Crippen molar-refractivity contribution < 1.29 is 19.5 Å². The molecule has 0 bridgehead atoms. The average molecular weight is 290 g/mol. The molecule has 1 saturated heterocycles. The third-order valence-corrected chi connectivity index (χ3v) is 3.49. The minimum Gasteiger partial charge on any atom is -0.480 e. The Kier molecular flexibility index (Phi) is 4.57. The molecule has 1 aliphatic rings. The zero-order chi connectivity index (χ0) is 15.4. The molecule has 2 rings (SSSR count). The van der Waals surface area contributed by atoms with Crippen molar-refractivity contribution in [2.24, 2.45) is 0 Å². The molecular formula is C15H18N2O4. The van der Waals surface area contributed by atoms with Gasteiger partial charge in [0.2, 0.25) is 11.8 Å². The molecule has 6 heteroatoms. The molecule has 2 amide bonds. The van der Waals surface area contributed by atoms with Gasteiger partial charge in [0, 0.05) is 19.2 Å². The summed E-state index contributed by atoms with van der Waals surface area (Å²) in [6.45, 7) is 1.93. The van der Waals surface area contributed by atoms with Crippen molar-refractivity contribution in [1.82, 2.24) is 4.90 Å². The Morgan fingerprint density at radius 1 is 1.29 bits per heavy atom. The highest BCUT2D eigenvalue weighted by molar-refractivity contribution is 5.89. The van der Waals surface area contributed by atoms with E-state index >= 15 is 0 Å². The van der Waals surface area contributed by atoms with Crippen molar-refractivity contribution >= 4 is 23.5 Å².